The molecule has 1 saturated heterocycles. The predicted octanol–water partition coefficient (Wildman–Crippen LogP) is 3.01. The molecule has 1 fully saturated rings. The summed E-state index contributed by atoms with van der Waals surface area (Å²) >= 11 is 0. The van der Waals surface area contributed by atoms with Crippen molar-refractivity contribution in [1.29, 1.82) is 0 Å². The summed E-state index contributed by atoms with van der Waals surface area (Å²) in [5.41, 5.74) is 2.17. The number of H-pyrrole nitrogens is 1. The molecule has 0 saturated carbocycles. The first-order chi connectivity index (χ1) is 13.1. The molecule has 0 bridgehead atoms. The Labute approximate surface area is 155 Å². The van der Waals surface area contributed by atoms with E-state index in [9.17, 15) is 14.0 Å². The van der Waals surface area contributed by atoms with Crippen molar-refractivity contribution in [2.75, 3.05) is 13.1 Å². The minimum Gasteiger partial charge on any atom is -0.342 e. The first-order valence-electron chi connectivity index (χ1n) is 9.12. The average molecular weight is 365 g/mol. The Morgan fingerprint density at radius 2 is 1.96 bits per heavy atom. The van der Waals surface area contributed by atoms with E-state index < -0.39 is 0 Å². The maximum absolute atomic E-state index is 14.0. The molecule has 0 aliphatic carbocycles. The van der Waals surface area contributed by atoms with Crippen LogP contribution in [0.25, 0.3) is 11.0 Å². The molecule has 0 unspecified atom stereocenters. The fourth-order valence-corrected chi connectivity index (χ4v) is 3.67. The molecule has 1 aliphatic rings. The number of benzene rings is 2. The fraction of sp³-hybridized carbons (Fsp3) is 0.286. The zero-order valence-corrected chi connectivity index (χ0v) is 14.8. The Hall–Kier alpha value is -3.02. The molecule has 3 aromatic rings. The summed E-state index contributed by atoms with van der Waals surface area (Å²) in [4.78, 5) is 33.6. The molecule has 2 heterocycles. The number of halogens is 1. The van der Waals surface area contributed by atoms with Crippen LogP contribution in [-0.4, -0.2) is 33.9 Å². The van der Waals surface area contributed by atoms with Crippen LogP contribution >= 0.6 is 0 Å². The lowest BCUT2D eigenvalue weighted by Crippen LogP contribution is -2.29. The maximum Gasteiger partial charge on any atom is 0.270 e. The molecule has 4 rings (SSSR count). The molecule has 1 amide bonds. The number of likely N-dealkylation sites (tertiary alicyclic amines) is 1. The Morgan fingerprint density at radius 1 is 1.19 bits per heavy atom. The summed E-state index contributed by atoms with van der Waals surface area (Å²) in [5.74, 6) is -0.218. The van der Waals surface area contributed by atoms with Crippen molar-refractivity contribution in [3.63, 3.8) is 0 Å². The molecule has 1 aromatic heterocycles. The lowest BCUT2D eigenvalue weighted by atomic mass is 9.98. The van der Waals surface area contributed by atoms with E-state index in [1.807, 2.05) is 24.3 Å². The van der Waals surface area contributed by atoms with Crippen LogP contribution in [0.3, 0.4) is 0 Å². The van der Waals surface area contributed by atoms with Gasteiger partial charge in [-0.1, -0.05) is 30.3 Å². The Kier molecular flexibility index (Phi) is 4.71. The number of carbonyl (C=O) groups is 1. The van der Waals surface area contributed by atoms with Gasteiger partial charge in [-0.2, -0.15) is 0 Å². The van der Waals surface area contributed by atoms with Gasteiger partial charge in [-0.25, -0.2) is 9.37 Å². The SMILES string of the molecule is O=C(CCc1nc2ccccc2[nH]c1=O)N1CC[C@H](c2ccccc2F)C1. The summed E-state index contributed by atoms with van der Waals surface area (Å²) in [6.45, 7) is 1.13. The minimum atomic E-state index is -0.257. The van der Waals surface area contributed by atoms with Gasteiger partial charge in [-0.15, -0.1) is 0 Å². The minimum absolute atomic E-state index is 0.0248. The number of carbonyl (C=O) groups excluding carboxylic acids is 1. The van der Waals surface area contributed by atoms with Crippen LogP contribution in [0.2, 0.25) is 0 Å². The molecule has 27 heavy (non-hydrogen) atoms. The highest BCUT2D eigenvalue weighted by Crippen LogP contribution is 2.29. The van der Waals surface area contributed by atoms with E-state index in [0.29, 0.717) is 41.8 Å². The van der Waals surface area contributed by atoms with Crippen molar-refractivity contribution in [3.05, 3.63) is 76.0 Å². The van der Waals surface area contributed by atoms with Gasteiger partial charge >= 0.3 is 0 Å². The Balaban J connectivity index is 1.41. The highest BCUT2D eigenvalue weighted by Gasteiger charge is 2.28. The quantitative estimate of drug-likeness (QED) is 0.773. The predicted molar refractivity (Wildman–Crippen MR) is 101 cm³/mol. The number of rotatable bonds is 4. The Morgan fingerprint density at radius 3 is 2.81 bits per heavy atom. The van der Waals surface area contributed by atoms with Crippen LogP contribution in [-0.2, 0) is 11.2 Å². The fourth-order valence-electron chi connectivity index (χ4n) is 3.67. The number of nitrogens with zero attached hydrogens (tertiary/aromatic N) is 2. The van der Waals surface area contributed by atoms with E-state index in [-0.39, 0.29) is 29.6 Å². The van der Waals surface area contributed by atoms with Gasteiger partial charge in [0.1, 0.15) is 11.5 Å². The molecule has 0 radical (unpaired) electrons. The van der Waals surface area contributed by atoms with Crippen molar-refractivity contribution >= 4 is 16.9 Å². The van der Waals surface area contributed by atoms with Gasteiger partial charge in [0, 0.05) is 31.8 Å². The number of para-hydroxylation sites is 2. The summed E-state index contributed by atoms with van der Waals surface area (Å²) in [5, 5.41) is 0. The number of aromatic amines is 1. The second-order valence-corrected chi connectivity index (χ2v) is 6.88. The van der Waals surface area contributed by atoms with Gasteiger partial charge in [0.15, 0.2) is 0 Å². The second kappa shape index (κ2) is 7.31. The molecule has 1 aliphatic heterocycles. The van der Waals surface area contributed by atoms with Gasteiger partial charge in [-0.3, -0.25) is 9.59 Å². The number of aromatic nitrogens is 2. The lowest BCUT2D eigenvalue weighted by molar-refractivity contribution is -0.130. The molecule has 5 nitrogen and oxygen atoms in total. The normalized spacial score (nSPS) is 16.8. The number of hydrogen-bond donors (Lipinski definition) is 1. The highest BCUT2D eigenvalue weighted by atomic mass is 19.1. The standard InChI is InChI=1S/C21H20FN3O2/c22-16-6-2-1-5-15(16)14-11-12-25(13-14)20(26)10-9-19-21(27)24-18-8-4-3-7-17(18)23-19/h1-8,14H,9-13H2,(H,24,27)/t14-/m0/s1. The summed E-state index contributed by atoms with van der Waals surface area (Å²) in [6, 6.07) is 14.1. The van der Waals surface area contributed by atoms with Crippen molar-refractivity contribution < 1.29 is 9.18 Å². The zero-order valence-electron chi connectivity index (χ0n) is 14.8. The molecule has 6 heteroatoms. The number of fused-ring (bicyclic) bond motifs is 1. The van der Waals surface area contributed by atoms with Crippen LogP contribution in [0.1, 0.15) is 30.0 Å². The smallest absolute Gasteiger partial charge is 0.270 e. The van der Waals surface area contributed by atoms with Gasteiger partial charge < -0.3 is 9.88 Å². The van der Waals surface area contributed by atoms with Crippen molar-refractivity contribution in [1.82, 2.24) is 14.9 Å². The molecule has 1 atom stereocenters. The van der Waals surface area contributed by atoms with Crippen LogP contribution in [0.5, 0.6) is 0 Å². The molecule has 0 spiro atoms. The van der Waals surface area contributed by atoms with Crippen molar-refractivity contribution in [2.24, 2.45) is 0 Å². The zero-order chi connectivity index (χ0) is 18.8. The third kappa shape index (κ3) is 3.60. The van der Waals surface area contributed by atoms with Gasteiger partial charge in [0.05, 0.1) is 11.0 Å². The van der Waals surface area contributed by atoms with E-state index in [1.165, 1.54) is 6.07 Å². The number of nitrogens with one attached hydrogen (secondary N) is 1. The monoisotopic (exact) mass is 365 g/mol. The van der Waals surface area contributed by atoms with Crippen LogP contribution in [0, 0.1) is 5.82 Å². The highest BCUT2D eigenvalue weighted by molar-refractivity contribution is 5.77. The summed E-state index contributed by atoms with van der Waals surface area (Å²) in [7, 11) is 0. The van der Waals surface area contributed by atoms with Crippen molar-refractivity contribution in [2.45, 2.75) is 25.2 Å². The van der Waals surface area contributed by atoms with Crippen molar-refractivity contribution in [3.8, 4) is 0 Å². The average Bonchev–Trinajstić information content (AvgIpc) is 3.16. The van der Waals surface area contributed by atoms with Gasteiger partial charge in [0.25, 0.3) is 5.56 Å². The third-order valence-electron chi connectivity index (χ3n) is 5.13. The number of aryl methyl sites for hydroxylation is 1. The Bertz CT molecular complexity index is 1050. The largest absolute Gasteiger partial charge is 0.342 e. The van der Waals surface area contributed by atoms with E-state index >= 15 is 0 Å². The van der Waals surface area contributed by atoms with Crippen LogP contribution < -0.4 is 5.56 Å². The van der Waals surface area contributed by atoms with E-state index in [1.54, 1.807) is 23.1 Å². The van der Waals surface area contributed by atoms with Gasteiger partial charge in [-0.05, 0) is 30.2 Å². The number of hydrogen-bond acceptors (Lipinski definition) is 3. The third-order valence-corrected chi connectivity index (χ3v) is 5.13. The molecular weight excluding hydrogens is 345 g/mol. The first kappa shape index (κ1) is 17.4. The second-order valence-electron chi connectivity index (χ2n) is 6.88. The van der Waals surface area contributed by atoms with E-state index in [2.05, 4.69) is 9.97 Å². The molecule has 2 aromatic carbocycles. The molecular formula is C21H20FN3O2. The lowest BCUT2D eigenvalue weighted by Gasteiger charge is -2.17. The first-order valence-corrected chi connectivity index (χ1v) is 9.12. The van der Waals surface area contributed by atoms with Crippen LogP contribution in [0.4, 0.5) is 4.39 Å². The van der Waals surface area contributed by atoms with E-state index in [0.717, 1.165) is 6.42 Å². The van der Waals surface area contributed by atoms with Crippen LogP contribution in [0.15, 0.2) is 53.3 Å². The maximum atomic E-state index is 14.0. The topological polar surface area (TPSA) is 66.1 Å². The number of amides is 1. The summed E-state index contributed by atoms with van der Waals surface area (Å²) < 4.78 is 14.0. The molecule has 1 N–H and O–H groups in total. The van der Waals surface area contributed by atoms with E-state index in [4.69, 9.17) is 0 Å². The van der Waals surface area contributed by atoms with Gasteiger partial charge in [0.2, 0.25) is 5.91 Å². The summed E-state index contributed by atoms with van der Waals surface area (Å²) in [6.07, 6.45) is 1.26. The molecule has 138 valence electrons.